The summed E-state index contributed by atoms with van der Waals surface area (Å²) >= 11 is 3.56. The zero-order chi connectivity index (χ0) is 12.2. The molecule has 1 heterocycles. The molecule has 0 aliphatic carbocycles. The molecule has 3 heteroatoms. The molecule has 90 valence electrons. The van der Waals surface area contributed by atoms with Crippen molar-refractivity contribution < 1.29 is 0 Å². The summed E-state index contributed by atoms with van der Waals surface area (Å²) < 4.78 is 2.10. The molecule has 0 spiro atoms. The van der Waals surface area contributed by atoms with Gasteiger partial charge in [0.15, 0.2) is 0 Å². The fourth-order valence-electron chi connectivity index (χ4n) is 1.69. The van der Waals surface area contributed by atoms with Crippen molar-refractivity contribution in [3.8, 4) is 0 Å². The number of aryl methyl sites for hydroxylation is 2. The monoisotopic (exact) mass is 284 g/mol. The lowest BCUT2D eigenvalue weighted by atomic mass is 9.88. The van der Waals surface area contributed by atoms with Crippen LogP contribution in [-0.2, 0) is 19.4 Å². The summed E-state index contributed by atoms with van der Waals surface area (Å²) in [6.45, 7) is 11.3. The first-order valence-corrected chi connectivity index (χ1v) is 6.95. The zero-order valence-electron chi connectivity index (χ0n) is 10.5. The van der Waals surface area contributed by atoms with Crippen molar-refractivity contribution >= 4 is 15.9 Å². The van der Waals surface area contributed by atoms with Crippen molar-refractivity contribution in [3.63, 3.8) is 0 Å². The topological polar surface area (TPSA) is 17.8 Å². The predicted molar refractivity (Wildman–Crippen MR) is 73.1 cm³/mol. The average Bonchev–Trinajstić information content (AvgIpc) is 2.71. The molecule has 0 saturated heterocycles. The van der Waals surface area contributed by atoms with Crippen molar-refractivity contribution in [1.29, 1.82) is 0 Å². The molecule has 0 N–H and O–H groups in total. The summed E-state index contributed by atoms with van der Waals surface area (Å²) in [7, 11) is 0. The number of hydrogen-bond donors (Lipinski definition) is 0. The number of rotatable bonds is 6. The molecule has 1 atom stereocenters. The van der Waals surface area contributed by atoms with Crippen LogP contribution < -0.4 is 0 Å². The molecular weight excluding hydrogens is 264 g/mol. The van der Waals surface area contributed by atoms with Gasteiger partial charge in [0, 0.05) is 23.0 Å². The van der Waals surface area contributed by atoms with E-state index in [9.17, 15) is 0 Å². The summed E-state index contributed by atoms with van der Waals surface area (Å²) in [6, 6.07) is 2.22. The van der Waals surface area contributed by atoms with E-state index in [0.29, 0.717) is 0 Å². The second-order valence-corrected chi connectivity index (χ2v) is 5.03. The Hall–Kier alpha value is -0.570. The fraction of sp³-hybridized carbons (Fsp3) is 0.615. The van der Waals surface area contributed by atoms with Crippen LogP contribution in [0.4, 0.5) is 0 Å². The number of allylic oxidation sites excluding steroid dienone is 1. The largest absolute Gasteiger partial charge is 0.270 e. The highest BCUT2D eigenvalue weighted by Gasteiger charge is 2.21. The molecule has 16 heavy (non-hydrogen) atoms. The van der Waals surface area contributed by atoms with Gasteiger partial charge in [-0.3, -0.25) is 4.68 Å². The Morgan fingerprint density at radius 3 is 2.69 bits per heavy atom. The van der Waals surface area contributed by atoms with E-state index in [1.165, 1.54) is 11.4 Å². The van der Waals surface area contributed by atoms with E-state index >= 15 is 0 Å². The van der Waals surface area contributed by atoms with Gasteiger partial charge < -0.3 is 0 Å². The Morgan fingerprint density at radius 1 is 1.56 bits per heavy atom. The molecule has 0 aliphatic rings. The molecular formula is C13H21BrN2. The summed E-state index contributed by atoms with van der Waals surface area (Å²) in [6.07, 6.45) is 4.02. The van der Waals surface area contributed by atoms with Crippen LogP contribution in [0.5, 0.6) is 0 Å². The van der Waals surface area contributed by atoms with E-state index in [4.69, 9.17) is 0 Å². The molecule has 2 nitrogen and oxygen atoms in total. The minimum atomic E-state index is 0.109. The van der Waals surface area contributed by atoms with Gasteiger partial charge in [-0.25, -0.2) is 0 Å². The third-order valence-corrected chi connectivity index (χ3v) is 4.24. The van der Waals surface area contributed by atoms with Crippen LogP contribution in [-0.4, -0.2) is 15.1 Å². The van der Waals surface area contributed by atoms with Crippen molar-refractivity contribution in [2.75, 3.05) is 5.33 Å². The van der Waals surface area contributed by atoms with Crippen molar-refractivity contribution in [2.45, 2.75) is 40.2 Å². The van der Waals surface area contributed by atoms with Crippen molar-refractivity contribution in [1.82, 2.24) is 9.78 Å². The third-order valence-electron chi connectivity index (χ3n) is 2.96. The van der Waals surface area contributed by atoms with E-state index in [2.05, 4.69) is 59.1 Å². The standard InChI is InChI=1S/C13H21BrN2/c1-5-11-8-12(16(7-3)15-11)9-13(4,6-2)10-14/h6,8H,2,5,7,9-10H2,1,3-4H3. The van der Waals surface area contributed by atoms with E-state index in [0.717, 1.165) is 24.7 Å². The van der Waals surface area contributed by atoms with Gasteiger partial charge in [-0.2, -0.15) is 5.10 Å². The molecule has 0 aromatic carbocycles. The quantitative estimate of drug-likeness (QED) is 0.577. The van der Waals surface area contributed by atoms with Gasteiger partial charge in [0.1, 0.15) is 0 Å². The van der Waals surface area contributed by atoms with Gasteiger partial charge in [0.2, 0.25) is 0 Å². The normalized spacial score (nSPS) is 14.8. The Morgan fingerprint density at radius 2 is 2.25 bits per heavy atom. The minimum absolute atomic E-state index is 0.109. The van der Waals surface area contributed by atoms with E-state index in [1.54, 1.807) is 0 Å². The first-order chi connectivity index (χ1) is 7.58. The Balaban J connectivity index is 2.94. The highest BCUT2D eigenvalue weighted by molar-refractivity contribution is 9.09. The van der Waals surface area contributed by atoms with Crippen LogP contribution in [0.15, 0.2) is 18.7 Å². The smallest absolute Gasteiger partial charge is 0.0624 e. The Labute approximate surface area is 107 Å². The van der Waals surface area contributed by atoms with Crippen LogP contribution >= 0.6 is 15.9 Å². The second-order valence-electron chi connectivity index (χ2n) is 4.46. The molecule has 0 fully saturated rings. The maximum Gasteiger partial charge on any atom is 0.0624 e. The molecule has 0 saturated carbocycles. The number of nitrogens with zero attached hydrogens (tertiary/aromatic N) is 2. The lowest BCUT2D eigenvalue weighted by Gasteiger charge is -2.22. The van der Waals surface area contributed by atoms with E-state index in [-0.39, 0.29) is 5.41 Å². The lowest BCUT2D eigenvalue weighted by Crippen LogP contribution is -2.20. The fourth-order valence-corrected chi connectivity index (χ4v) is 2.12. The Kier molecular flexibility index (Phi) is 4.78. The molecule has 0 amide bonds. The number of alkyl halides is 1. The molecule has 0 radical (unpaired) electrons. The van der Waals surface area contributed by atoms with Gasteiger partial charge in [-0.05, 0) is 25.8 Å². The van der Waals surface area contributed by atoms with Gasteiger partial charge in [-0.1, -0.05) is 35.9 Å². The first kappa shape index (κ1) is 13.5. The molecule has 1 rings (SSSR count). The van der Waals surface area contributed by atoms with Crippen LogP contribution in [0.2, 0.25) is 0 Å². The lowest BCUT2D eigenvalue weighted by molar-refractivity contribution is 0.463. The van der Waals surface area contributed by atoms with Gasteiger partial charge in [-0.15, -0.1) is 6.58 Å². The highest BCUT2D eigenvalue weighted by atomic mass is 79.9. The predicted octanol–water partition coefficient (Wildman–Crippen LogP) is 3.60. The maximum absolute atomic E-state index is 4.57. The summed E-state index contributed by atoms with van der Waals surface area (Å²) in [4.78, 5) is 0. The van der Waals surface area contributed by atoms with E-state index in [1.807, 2.05) is 6.08 Å². The van der Waals surface area contributed by atoms with Gasteiger partial charge in [0.25, 0.3) is 0 Å². The van der Waals surface area contributed by atoms with Crippen molar-refractivity contribution in [2.24, 2.45) is 5.41 Å². The number of hydrogen-bond acceptors (Lipinski definition) is 1. The summed E-state index contributed by atoms with van der Waals surface area (Å²) in [5, 5.41) is 5.50. The average molecular weight is 285 g/mol. The third kappa shape index (κ3) is 2.97. The zero-order valence-corrected chi connectivity index (χ0v) is 12.0. The SMILES string of the molecule is C=CC(C)(CBr)Cc1cc(CC)nn1CC. The Bertz CT molecular complexity index is 357. The number of aromatic nitrogens is 2. The maximum atomic E-state index is 4.57. The molecule has 1 aromatic heterocycles. The van der Waals surface area contributed by atoms with Crippen LogP contribution in [0.25, 0.3) is 0 Å². The van der Waals surface area contributed by atoms with E-state index < -0.39 is 0 Å². The number of halogens is 1. The summed E-state index contributed by atoms with van der Waals surface area (Å²) in [5.41, 5.74) is 2.59. The van der Waals surface area contributed by atoms with Crippen LogP contribution in [0, 0.1) is 5.41 Å². The highest BCUT2D eigenvalue weighted by Crippen LogP contribution is 2.26. The second kappa shape index (κ2) is 5.67. The van der Waals surface area contributed by atoms with Crippen LogP contribution in [0.3, 0.4) is 0 Å². The van der Waals surface area contributed by atoms with Crippen LogP contribution in [0.1, 0.15) is 32.2 Å². The molecule has 0 aliphatic heterocycles. The van der Waals surface area contributed by atoms with Gasteiger partial charge >= 0.3 is 0 Å². The minimum Gasteiger partial charge on any atom is -0.270 e. The molecule has 0 bridgehead atoms. The summed E-state index contributed by atoms with van der Waals surface area (Å²) in [5.74, 6) is 0. The van der Waals surface area contributed by atoms with Crippen molar-refractivity contribution in [3.05, 3.63) is 30.1 Å². The molecule has 1 unspecified atom stereocenters. The van der Waals surface area contributed by atoms with Gasteiger partial charge in [0.05, 0.1) is 5.69 Å². The first-order valence-electron chi connectivity index (χ1n) is 5.83. The molecule has 1 aromatic rings.